The van der Waals surface area contributed by atoms with Crippen LogP contribution in [-0.4, -0.2) is 46.7 Å². The Balaban J connectivity index is 1.69. The zero-order valence-electron chi connectivity index (χ0n) is 15.7. The van der Waals surface area contributed by atoms with Gasteiger partial charge >= 0.3 is 12.3 Å². The molecule has 1 aliphatic heterocycles. The summed E-state index contributed by atoms with van der Waals surface area (Å²) in [5.74, 6) is 0. The van der Waals surface area contributed by atoms with Gasteiger partial charge in [-0.2, -0.15) is 13.2 Å². The number of alkyl halides is 3. The van der Waals surface area contributed by atoms with E-state index in [4.69, 9.17) is 4.74 Å². The van der Waals surface area contributed by atoms with Crippen LogP contribution < -0.4 is 0 Å². The van der Waals surface area contributed by atoms with Gasteiger partial charge in [0.25, 0.3) is 0 Å². The predicted molar refractivity (Wildman–Crippen MR) is 99.3 cm³/mol. The molecule has 1 amide bonds. The van der Waals surface area contributed by atoms with Crippen molar-refractivity contribution in [2.45, 2.75) is 57.5 Å². The maximum absolute atomic E-state index is 13.0. The summed E-state index contributed by atoms with van der Waals surface area (Å²) >= 11 is 3.17. The molecular weight excluding hydrogens is 425 g/mol. The van der Waals surface area contributed by atoms with Gasteiger partial charge in [-0.3, -0.25) is 9.80 Å². The molecule has 1 aromatic carbocycles. The van der Waals surface area contributed by atoms with Crippen molar-refractivity contribution in [3.8, 4) is 0 Å². The standard InChI is InChI=1S/C19H24BrF3N2O2/c1-17(2,3)27-16(26)25-7-6-24(12-18(25)4-5-18)11-13-8-14(19(21,22)23)10-15(20)9-13/h8-10H,4-7,11-12H2,1-3H3. The molecule has 8 heteroatoms. The van der Waals surface area contributed by atoms with Crippen LogP contribution in [0.4, 0.5) is 18.0 Å². The number of nitrogens with zero attached hydrogens (tertiary/aromatic N) is 2. The van der Waals surface area contributed by atoms with Gasteiger partial charge in [0, 0.05) is 30.7 Å². The minimum atomic E-state index is -4.37. The van der Waals surface area contributed by atoms with Gasteiger partial charge in [-0.25, -0.2) is 4.79 Å². The lowest BCUT2D eigenvalue weighted by molar-refractivity contribution is -0.137. The fourth-order valence-electron chi connectivity index (χ4n) is 3.53. The summed E-state index contributed by atoms with van der Waals surface area (Å²) in [4.78, 5) is 16.4. The van der Waals surface area contributed by atoms with E-state index in [2.05, 4.69) is 20.8 Å². The Labute approximate surface area is 165 Å². The quantitative estimate of drug-likeness (QED) is 0.634. The van der Waals surface area contributed by atoms with Gasteiger partial charge in [0.15, 0.2) is 0 Å². The first-order valence-corrected chi connectivity index (χ1v) is 9.77. The van der Waals surface area contributed by atoms with Gasteiger partial charge in [0.05, 0.1) is 11.1 Å². The van der Waals surface area contributed by atoms with Crippen LogP contribution in [0.15, 0.2) is 22.7 Å². The molecule has 2 fully saturated rings. The highest BCUT2D eigenvalue weighted by atomic mass is 79.9. The van der Waals surface area contributed by atoms with Crippen molar-refractivity contribution in [1.29, 1.82) is 0 Å². The molecule has 27 heavy (non-hydrogen) atoms. The Bertz CT molecular complexity index is 727. The van der Waals surface area contributed by atoms with E-state index in [0.717, 1.165) is 18.9 Å². The van der Waals surface area contributed by atoms with Crippen molar-refractivity contribution in [2.75, 3.05) is 19.6 Å². The molecule has 0 bridgehead atoms. The lowest BCUT2D eigenvalue weighted by Gasteiger charge is -2.42. The first-order chi connectivity index (χ1) is 12.4. The molecule has 4 nitrogen and oxygen atoms in total. The summed E-state index contributed by atoms with van der Waals surface area (Å²) in [7, 11) is 0. The van der Waals surface area contributed by atoms with Crippen LogP contribution in [0.2, 0.25) is 0 Å². The molecule has 1 saturated heterocycles. The summed E-state index contributed by atoms with van der Waals surface area (Å²) in [6.07, 6.45) is -2.88. The number of halogens is 4. The van der Waals surface area contributed by atoms with Gasteiger partial charge in [-0.1, -0.05) is 15.9 Å². The third kappa shape index (κ3) is 4.96. The summed E-state index contributed by atoms with van der Waals surface area (Å²) in [6, 6.07) is 4.01. The molecule has 0 atom stereocenters. The zero-order valence-corrected chi connectivity index (χ0v) is 17.3. The van der Waals surface area contributed by atoms with E-state index in [-0.39, 0.29) is 11.6 Å². The molecule has 150 valence electrons. The highest BCUT2D eigenvalue weighted by molar-refractivity contribution is 9.10. The Morgan fingerprint density at radius 2 is 1.85 bits per heavy atom. The minimum absolute atomic E-state index is 0.237. The monoisotopic (exact) mass is 448 g/mol. The largest absolute Gasteiger partial charge is 0.444 e. The van der Waals surface area contributed by atoms with Crippen molar-refractivity contribution in [3.63, 3.8) is 0 Å². The van der Waals surface area contributed by atoms with Crippen LogP contribution >= 0.6 is 15.9 Å². The number of carbonyl (C=O) groups excluding carboxylic acids is 1. The third-order valence-corrected chi connectivity index (χ3v) is 5.32. The summed E-state index contributed by atoms with van der Waals surface area (Å²) in [5, 5.41) is 0. The van der Waals surface area contributed by atoms with Gasteiger partial charge in [0.1, 0.15) is 5.60 Å². The van der Waals surface area contributed by atoms with Crippen molar-refractivity contribution < 1.29 is 22.7 Å². The molecule has 2 aliphatic rings. The molecule has 0 unspecified atom stereocenters. The molecule has 1 saturated carbocycles. The number of carbonyl (C=O) groups is 1. The SMILES string of the molecule is CC(C)(C)OC(=O)N1CCN(Cc2cc(Br)cc(C(F)(F)F)c2)CC12CC2. The first kappa shape index (κ1) is 20.5. The average Bonchev–Trinajstić information content (AvgIpc) is 3.23. The number of hydrogen-bond donors (Lipinski definition) is 0. The molecule has 1 heterocycles. The van der Waals surface area contributed by atoms with Gasteiger partial charge in [0.2, 0.25) is 0 Å². The predicted octanol–water partition coefficient (Wildman–Crippen LogP) is 5.05. The number of ether oxygens (including phenoxy) is 1. The molecule has 0 N–H and O–H groups in total. The first-order valence-electron chi connectivity index (χ1n) is 8.98. The van der Waals surface area contributed by atoms with E-state index in [1.165, 1.54) is 6.07 Å². The molecule has 0 aromatic heterocycles. The molecular formula is C19H24BrF3N2O2. The average molecular weight is 449 g/mol. The smallest absolute Gasteiger partial charge is 0.416 e. The third-order valence-electron chi connectivity index (χ3n) is 4.86. The van der Waals surface area contributed by atoms with Crippen LogP contribution in [0, 0.1) is 0 Å². The van der Waals surface area contributed by atoms with Crippen molar-refractivity contribution in [2.24, 2.45) is 0 Å². The summed E-state index contributed by atoms with van der Waals surface area (Å²) in [6.45, 7) is 7.72. The van der Waals surface area contributed by atoms with Crippen LogP contribution in [0.5, 0.6) is 0 Å². The van der Waals surface area contributed by atoms with E-state index in [0.29, 0.717) is 36.2 Å². The van der Waals surface area contributed by atoms with E-state index in [1.807, 2.05) is 20.8 Å². The van der Waals surface area contributed by atoms with E-state index in [1.54, 1.807) is 11.0 Å². The second-order valence-electron chi connectivity index (χ2n) is 8.41. The Morgan fingerprint density at radius 1 is 1.19 bits per heavy atom. The van der Waals surface area contributed by atoms with Crippen LogP contribution in [0.1, 0.15) is 44.7 Å². The number of amides is 1. The number of benzene rings is 1. The van der Waals surface area contributed by atoms with Crippen molar-refractivity contribution in [3.05, 3.63) is 33.8 Å². The van der Waals surface area contributed by atoms with Crippen LogP contribution in [0.3, 0.4) is 0 Å². The van der Waals surface area contributed by atoms with E-state index >= 15 is 0 Å². The highest BCUT2D eigenvalue weighted by Gasteiger charge is 2.54. The number of piperazine rings is 1. The van der Waals surface area contributed by atoms with Crippen LogP contribution in [0.25, 0.3) is 0 Å². The van der Waals surface area contributed by atoms with E-state index in [9.17, 15) is 18.0 Å². The lowest BCUT2D eigenvalue weighted by Crippen LogP contribution is -2.57. The maximum Gasteiger partial charge on any atom is 0.416 e. The van der Waals surface area contributed by atoms with Crippen molar-refractivity contribution >= 4 is 22.0 Å². The van der Waals surface area contributed by atoms with Gasteiger partial charge in [-0.05, 0) is 57.4 Å². The fraction of sp³-hybridized carbons (Fsp3) is 0.632. The van der Waals surface area contributed by atoms with Crippen molar-refractivity contribution in [1.82, 2.24) is 9.80 Å². The fourth-order valence-corrected chi connectivity index (χ4v) is 4.07. The normalized spacial score (nSPS) is 20.0. The zero-order chi connectivity index (χ0) is 20.0. The topological polar surface area (TPSA) is 32.8 Å². The van der Waals surface area contributed by atoms with Crippen LogP contribution in [-0.2, 0) is 17.5 Å². The Hall–Kier alpha value is -1.28. The summed E-state index contributed by atoms with van der Waals surface area (Å²) < 4.78 is 45.1. The highest BCUT2D eigenvalue weighted by Crippen LogP contribution is 2.45. The second kappa shape index (κ2) is 6.95. The molecule has 1 aromatic rings. The Kier molecular flexibility index (Phi) is 5.27. The number of rotatable bonds is 2. The molecule has 0 radical (unpaired) electrons. The lowest BCUT2D eigenvalue weighted by atomic mass is 10.1. The van der Waals surface area contributed by atoms with E-state index < -0.39 is 17.3 Å². The molecule has 3 rings (SSSR count). The minimum Gasteiger partial charge on any atom is -0.444 e. The second-order valence-corrected chi connectivity index (χ2v) is 9.33. The summed E-state index contributed by atoms with van der Waals surface area (Å²) in [5.41, 5.74) is -0.827. The Morgan fingerprint density at radius 3 is 2.41 bits per heavy atom. The van der Waals surface area contributed by atoms with Gasteiger partial charge in [-0.15, -0.1) is 0 Å². The number of hydrogen-bond acceptors (Lipinski definition) is 3. The molecule has 1 spiro atoms. The molecule has 1 aliphatic carbocycles. The van der Waals surface area contributed by atoms with Gasteiger partial charge < -0.3 is 4.74 Å². The maximum atomic E-state index is 13.0.